The number of hydrogen-bond donors (Lipinski definition) is 3. The Morgan fingerprint density at radius 3 is 2.67 bits per heavy atom. The summed E-state index contributed by atoms with van der Waals surface area (Å²) < 4.78 is 0. The van der Waals surface area contributed by atoms with Gasteiger partial charge in [-0.05, 0) is 42.9 Å². The van der Waals surface area contributed by atoms with Crippen molar-refractivity contribution in [2.24, 2.45) is 5.73 Å². The van der Waals surface area contributed by atoms with Crippen LogP contribution in [0.2, 0.25) is 0 Å². The maximum atomic E-state index is 12.1. The summed E-state index contributed by atoms with van der Waals surface area (Å²) >= 11 is 0. The summed E-state index contributed by atoms with van der Waals surface area (Å²) in [6.45, 7) is 4.57. The van der Waals surface area contributed by atoms with Crippen LogP contribution < -0.4 is 16.4 Å². The summed E-state index contributed by atoms with van der Waals surface area (Å²) in [6, 6.07) is 6.03. The summed E-state index contributed by atoms with van der Waals surface area (Å²) in [5.41, 5.74) is 8.68. The highest BCUT2D eigenvalue weighted by atomic mass is 35.5. The minimum atomic E-state index is -0.267. The van der Waals surface area contributed by atoms with Gasteiger partial charge in [-0.3, -0.25) is 9.59 Å². The van der Waals surface area contributed by atoms with Gasteiger partial charge in [-0.15, -0.1) is 12.4 Å². The smallest absolute Gasteiger partial charge is 0.228 e. The number of rotatable bonds is 8. The largest absolute Gasteiger partial charge is 0.349 e. The molecule has 134 valence electrons. The van der Waals surface area contributed by atoms with E-state index in [1.54, 1.807) is 0 Å². The maximum Gasteiger partial charge on any atom is 0.228 e. The zero-order valence-corrected chi connectivity index (χ0v) is 15.3. The van der Waals surface area contributed by atoms with Crippen LogP contribution in [-0.2, 0) is 22.4 Å². The number of fused-ring (bicyclic) bond motifs is 1. The summed E-state index contributed by atoms with van der Waals surface area (Å²) in [6.07, 6.45) is 4.27. The van der Waals surface area contributed by atoms with Crippen molar-refractivity contribution in [3.8, 4) is 0 Å². The van der Waals surface area contributed by atoms with Crippen molar-refractivity contribution in [3.63, 3.8) is 0 Å². The van der Waals surface area contributed by atoms with E-state index in [-0.39, 0.29) is 29.8 Å². The summed E-state index contributed by atoms with van der Waals surface area (Å²) in [5.74, 6) is 0.117. The molecule has 2 rings (SSSR count). The van der Waals surface area contributed by atoms with E-state index in [0.29, 0.717) is 19.4 Å². The van der Waals surface area contributed by atoms with Crippen LogP contribution in [-0.4, -0.2) is 23.9 Å². The van der Waals surface area contributed by atoms with Gasteiger partial charge in [-0.25, -0.2) is 0 Å². The Balaban J connectivity index is 0.00000288. The molecule has 0 aliphatic carbocycles. The van der Waals surface area contributed by atoms with Crippen molar-refractivity contribution in [2.75, 3.05) is 11.9 Å². The predicted octanol–water partition coefficient (Wildman–Crippen LogP) is 2.56. The second-order valence-electron chi connectivity index (χ2n) is 6.31. The third-order valence-electron chi connectivity index (χ3n) is 4.81. The molecule has 0 spiro atoms. The monoisotopic (exact) mass is 353 g/mol. The van der Waals surface area contributed by atoms with Crippen molar-refractivity contribution in [1.29, 1.82) is 0 Å². The molecule has 1 aliphatic rings. The molecule has 0 saturated heterocycles. The van der Waals surface area contributed by atoms with Crippen LogP contribution in [0.15, 0.2) is 18.2 Å². The molecule has 24 heavy (non-hydrogen) atoms. The lowest BCUT2D eigenvalue weighted by Crippen LogP contribution is -2.52. The molecule has 5 nitrogen and oxygen atoms in total. The number of carbonyl (C=O) groups excluding carboxylic acids is 2. The van der Waals surface area contributed by atoms with Crippen molar-refractivity contribution < 1.29 is 9.59 Å². The summed E-state index contributed by atoms with van der Waals surface area (Å²) in [7, 11) is 0. The predicted molar refractivity (Wildman–Crippen MR) is 99.5 cm³/mol. The van der Waals surface area contributed by atoms with Gasteiger partial charge in [0.05, 0.1) is 12.0 Å². The Kier molecular flexibility index (Phi) is 7.70. The average molecular weight is 354 g/mol. The molecule has 2 amide bonds. The highest BCUT2D eigenvalue weighted by Crippen LogP contribution is 2.24. The summed E-state index contributed by atoms with van der Waals surface area (Å²) in [5, 5.41) is 5.92. The number of benzene rings is 1. The fraction of sp³-hybridized carbons (Fsp3) is 0.556. The van der Waals surface area contributed by atoms with Gasteiger partial charge in [0.1, 0.15) is 0 Å². The molecule has 1 aromatic rings. The third-order valence-corrected chi connectivity index (χ3v) is 4.81. The van der Waals surface area contributed by atoms with Gasteiger partial charge < -0.3 is 16.4 Å². The first-order chi connectivity index (χ1) is 11.0. The van der Waals surface area contributed by atoms with E-state index in [0.717, 1.165) is 36.9 Å². The molecule has 0 radical (unpaired) electrons. The first-order valence-electron chi connectivity index (χ1n) is 8.44. The standard InChI is InChI=1S/C18H27N3O2.ClH/c1-3-18(4-2,12-19)21-16(22)7-5-6-13-8-9-15-14(10-13)11-17(23)20-15;/h8-10H,3-7,11-12,19H2,1-2H3,(H,20,23)(H,21,22);1H. The topological polar surface area (TPSA) is 84.2 Å². The van der Waals surface area contributed by atoms with Crippen LogP contribution in [0.5, 0.6) is 0 Å². The SMILES string of the molecule is CCC(CC)(CN)NC(=O)CCCc1ccc2c(c1)CC(=O)N2.Cl. The molecule has 0 saturated carbocycles. The lowest BCUT2D eigenvalue weighted by Gasteiger charge is -2.31. The highest BCUT2D eigenvalue weighted by Gasteiger charge is 2.25. The van der Waals surface area contributed by atoms with E-state index in [1.165, 1.54) is 5.56 Å². The van der Waals surface area contributed by atoms with E-state index in [9.17, 15) is 9.59 Å². The molecule has 1 aliphatic heterocycles. The maximum absolute atomic E-state index is 12.1. The van der Waals surface area contributed by atoms with Gasteiger partial charge in [0, 0.05) is 18.7 Å². The Labute approximate surface area is 150 Å². The molecule has 0 unspecified atom stereocenters. The average Bonchev–Trinajstić information content (AvgIpc) is 2.92. The molecule has 4 N–H and O–H groups in total. The quantitative estimate of drug-likeness (QED) is 0.671. The van der Waals surface area contributed by atoms with Crippen molar-refractivity contribution in [1.82, 2.24) is 5.32 Å². The van der Waals surface area contributed by atoms with Crippen LogP contribution in [0.25, 0.3) is 0 Å². The van der Waals surface area contributed by atoms with Crippen LogP contribution in [0.1, 0.15) is 50.7 Å². The molecule has 1 aromatic carbocycles. The number of carbonyl (C=O) groups is 2. The number of nitrogens with two attached hydrogens (primary N) is 1. The third kappa shape index (κ3) is 4.95. The Hall–Kier alpha value is -1.59. The molecular weight excluding hydrogens is 326 g/mol. The van der Waals surface area contributed by atoms with Gasteiger partial charge >= 0.3 is 0 Å². The first kappa shape index (κ1) is 20.5. The number of halogens is 1. The normalized spacial score (nSPS) is 13.0. The van der Waals surface area contributed by atoms with Gasteiger partial charge in [0.25, 0.3) is 0 Å². The number of anilines is 1. The minimum Gasteiger partial charge on any atom is -0.349 e. The van der Waals surface area contributed by atoms with Gasteiger partial charge in [-0.1, -0.05) is 26.0 Å². The number of amides is 2. The Bertz CT molecular complexity index is 577. The molecule has 6 heteroatoms. The minimum absolute atomic E-state index is 0. The van der Waals surface area contributed by atoms with E-state index in [1.807, 2.05) is 12.1 Å². The number of hydrogen-bond acceptors (Lipinski definition) is 3. The Morgan fingerprint density at radius 1 is 1.33 bits per heavy atom. The molecule has 1 heterocycles. The lowest BCUT2D eigenvalue weighted by molar-refractivity contribution is -0.123. The number of aryl methyl sites for hydroxylation is 1. The molecule has 0 fully saturated rings. The van der Waals surface area contributed by atoms with Gasteiger partial charge in [0.2, 0.25) is 11.8 Å². The van der Waals surface area contributed by atoms with Crippen LogP contribution in [0.4, 0.5) is 5.69 Å². The molecule has 0 atom stereocenters. The summed E-state index contributed by atoms with van der Waals surface area (Å²) in [4.78, 5) is 23.5. The van der Waals surface area contributed by atoms with Crippen LogP contribution >= 0.6 is 12.4 Å². The zero-order chi connectivity index (χ0) is 16.9. The Morgan fingerprint density at radius 2 is 2.04 bits per heavy atom. The fourth-order valence-electron chi connectivity index (χ4n) is 3.02. The first-order valence-corrected chi connectivity index (χ1v) is 8.44. The second kappa shape index (κ2) is 9.04. The van der Waals surface area contributed by atoms with E-state index in [2.05, 4.69) is 30.5 Å². The second-order valence-corrected chi connectivity index (χ2v) is 6.31. The number of nitrogens with one attached hydrogen (secondary N) is 2. The highest BCUT2D eigenvalue weighted by molar-refractivity contribution is 5.99. The van der Waals surface area contributed by atoms with Gasteiger partial charge in [0.15, 0.2) is 0 Å². The molecular formula is C18H28ClN3O2. The molecule has 0 aromatic heterocycles. The van der Waals surface area contributed by atoms with Crippen LogP contribution in [0, 0.1) is 0 Å². The van der Waals surface area contributed by atoms with Gasteiger partial charge in [-0.2, -0.15) is 0 Å². The van der Waals surface area contributed by atoms with Crippen molar-refractivity contribution in [3.05, 3.63) is 29.3 Å². The lowest BCUT2D eigenvalue weighted by atomic mass is 9.92. The van der Waals surface area contributed by atoms with Crippen molar-refractivity contribution in [2.45, 2.75) is 57.9 Å². The van der Waals surface area contributed by atoms with E-state index in [4.69, 9.17) is 5.73 Å². The van der Waals surface area contributed by atoms with E-state index < -0.39 is 0 Å². The van der Waals surface area contributed by atoms with Crippen molar-refractivity contribution >= 4 is 29.9 Å². The van der Waals surface area contributed by atoms with E-state index >= 15 is 0 Å². The fourth-order valence-corrected chi connectivity index (χ4v) is 3.02. The zero-order valence-electron chi connectivity index (χ0n) is 14.5. The van der Waals surface area contributed by atoms with Crippen LogP contribution in [0.3, 0.4) is 0 Å². The molecule has 0 bridgehead atoms.